The quantitative estimate of drug-likeness (QED) is 0.250. The summed E-state index contributed by atoms with van der Waals surface area (Å²) < 4.78 is 0. The molecule has 1 rings (SSSR count). The lowest BCUT2D eigenvalue weighted by molar-refractivity contribution is -0.176. The first kappa shape index (κ1) is 8.74. The third-order valence-corrected chi connectivity index (χ3v) is 0.882. The van der Waals surface area contributed by atoms with Gasteiger partial charge in [0.1, 0.15) is 0 Å². The van der Waals surface area contributed by atoms with Crippen molar-refractivity contribution in [3.05, 3.63) is 24.3 Å². The molecule has 0 aliphatic rings. The molecule has 0 spiro atoms. The number of hydrogen-bond donors (Lipinski definition) is 4. The van der Waals surface area contributed by atoms with E-state index in [-0.39, 0.29) is 11.5 Å². The second-order valence-corrected chi connectivity index (χ2v) is 1.49. The summed E-state index contributed by atoms with van der Waals surface area (Å²) in [7, 11) is 0. The average Bonchev–Trinajstić information content (AvgIpc) is 2.00. The second kappa shape index (κ2) is 4.60. The van der Waals surface area contributed by atoms with Gasteiger partial charge in [0.2, 0.25) is 0 Å². The van der Waals surface area contributed by atoms with E-state index in [9.17, 15) is 0 Å². The van der Waals surface area contributed by atoms with Gasteiger partial charge in [0.15, 0.2) is 11.5 Å². The van der Waals surface area contributed by atoms with Crippen molar-refractivity contribution in [3.63, 3.8) is 0 Å². The molecule has 0 radical (unpaired) electrons. The monoisotopic (exact) mass is 144 g/mol. The predicted molar refractivity (Wildman–Crippen MR) is 35.0 cm³/mol. The molecule has 0 heterocycles. The zero-order valence-electron chi connectivity index (χ0n) is 5.10. The Kier molecular flexibility index (Phi) is 4.02. The maximum atomic E-state index is 8.67. The van der Waals surface area contributed by atoms with E-state index in [0.717, 1.165) is 0 Å². The van der Waals surface area contributed by atoms with E-state index in [2.05, 4.69) is 0 Å². The van der Waals surface area contributed by atoms with Crippen molar-refractivity contribution in [1.82, 2.24) is 0 Å². The number of phenols is 2. The van der Waals surface area contributed by atoms with Crippen LogP contribution in [-0.2, 0) is 0 Å². The maximum absolute atomic E-state index is 8.67. The number of phenolic OH excluding ortho intramolecular Hbond substituents is 2. The first-order valence-corrected chi connectivity index (χ1v) is 2.47. The van der Waals surface area contributed by atoms with Gasteiger partial charge in [-0.05, 0) is 12.1 Å². The van der Waals surface area contributed by atoms with E-state index in [1.165, 1.54) is 12.1 Å². The van der Waals surface area contributed by atoms with Crippen LogP contribution in [0.1, 0.15) is 0 Å². The molecule has 0 atom stereocenters. The first-order valence-electron chi connectivity index (χ1n) is 2.47. The summed E-state index contributed by atoms with van der Waals surface area (Å²) in [5, 5.41) is 29.3. The molecule has 0 aliphatic carbocycles. The summed E-state index contributed by atoms with van der Waals surface area (Å²) in [5.74, 6) is -0.153. The van der Waals surface area contributed by atoms with Gasteiger partial charge in [-0.1, -0.05) is 12.1 Å². The van der Waals surface area contributed by atoms with Crippen molar-refractivity contribution in [2.75, 3.05) is 0 Å². The molecule has 0 aliphatic heterocycles. The van der Waals surface area contributed by atoms with Crippen LogP contribution in [0.2, 0.25) is 0 Å². The lowest BCUT2D eigenvalue weighted by Gasteiger charge is -1.91. The molecule has 0 unspecified atom stereocenters. The Labute approximate surface area is 57.5 Å². The fourth-order valence-corrected chi connectivity index (χ4v) is 0.464. The zero-order valence-corrected chi connectivity index (χ0v) is 5.10. The van der Waals surface area contributed by atoms with Crippen LogP contribution >= 0.6 is 0 Å². The Bertz CT molecular complexity index is 166. The fraction of sp³-hybridized carbons (Fsp3) is 0. The predicted octanol–water partition coefficient (Wildman–Crippen LogP) is 1.12. The van der Waals surface area contributed by atoms with Crippen molar-refractivity contribution in [2.24, 2.45) is 0 Å². The van der Waals surface area contributed by atoms with Crippen molar-refractivity contribution in [2.45, 2.75) is 0 Å². The van der Waals surface area contributed by atoms with Crippen LogP contribution < -0.4 is 0 Å². The third-order valence-electron chi connectivity index (χ3n) is 0.882. The van der Waals surface area contributed by atoms with Crippen molar-refractivity contribution >= 4 is 0 Å². The molecule has 0 bridgehead atoms. The van der Waals surface area contributed by atoms with Gasteiger partial charge >= 0.3 is 0 Å². The number of para-hydroxylation sites is 2. The lowest BCUT2D eigenvalue weighted by atomic mass is 10.3. The van der Waals surface area contributed by atoms with E-state index in [1.807, 2.05) is 0 Å². The van der Waals surface area contributed by atoms with Gasteiger partial charge in [-0.2, -0.15) is 0 Å². The Morgan fingerprint density at radius 1 is 0.800 bits per heavy atom. The molecule has 10 heavy (non-hydrogen) atoms. The molecule has 56 valence electrons. The molecule has 0 aromatic heterocycles. The minimum atomic E-state index is -0.0764. The molecule has 4 nitrogen and oxygen atoms in total. The number of benzene rings is 1. The van der Waals surface area contributed by atoms with Gasteiger partial charge in [-0.15, -0.1) is 0 Å². The Balaban J connectivity index is 0.000000371. The summed E-state index contributed by atoms with van der Waals surface area (Å²) in [6, 6.07) is 6.15. The van der Waals surface area contributed by atoms with E-state index >= 15 is 0 Å². The molecule has 1 aromatic rings. The van der Waals surface area contributed by atoms with Gasteiger partial charge in [0.05, 0.1) is 0 Å². The topological polar surface area (TPSA) is 80.9 Å². The van der Waals surface area contributed by atoms with E-state index in [0.29, 0.717) is 0 Å². The first-order chi connectivity index (χ1) is 4.80. The summed E-state index contributed by atoms with van der Waals surface area (Å²) in [4.78, 5) is 0. The molecule has 0 saturated heterocycles. The highest BCUT2D eigenvalue weighted by Crippen LogP contribution is 2.21. The smallest absolute Gasteiger partial charge is 0.157 e. The molecular formula is C6H8O4. The molecule has 1 aromatic carbocycles. The number of rotatable bonds is 0. The summed E-state index contributed by atoms with van der Waals surface area (Å²) in [5.41, 5.74) is 0. The molecule has 4 N–H and O–H groups in total. The summed E-state index contributed by atoms with van der Waals surface area (Å²) >= 11 is 0. The van der Waals surface area contributed by atoms with Crippen LogP contribution in [0, 0.1) is 0 Å². The fourth-order valence-electron chi connectivity index (χ4n) is 0.464. The largest absolute Gasteiger partial charge is 0.504 e. The summed E-state index contributed by atoms with van der Waals surface area (Å²) in [6.07, 6.45) is 0. The van der Waals surface area contributed by atoms with Crippen LogP contribution in [0.3, 0.4) is 0 Å². The van der Waals surface area contributed by atoms with E-state index < -0.39 is 0 Å². The highest BCUT2D eigenvalue weighted by molar-refractivity contribution is 5.36. The summed E-state index contributed by atoms with van der Waals surface area (Å²) in [6.45, 7) is 0. The van der Waals surface area contributed by atoms with E-state index in [4.69, 9.17) is 20.7 Å². The SMILES string of the molecule is OO.Oc1ccccc1O. The highest BCUT2D eigenvalue weighted by atomic mass is 17.0. The van der Waals surface area contributed by atoms with Crippen LogP contribution in [0.4, 0.5) is 0 Å². The molecule has 0 amide bonds. The second-order valence-electron chi connectivity index (χ2n) is 1.49. The Hall–Kier alpha value is -1.26. The normalized spacial score (nSPS) is 7.80. The van der Waals surface area contributed by atoms with Crippen LogP contribution in [-0.4, -0.2) is 20.7 Å². The van der Waals surface area contributed by atoms with Crippen molar-refractivity contribution in [3.8, 4) is 11.5 Å². The molecule has 0 fully saturated rings. The Morgan fingerprint density at radius 3 is 1.30 bits per heavy atom. The third kappa shape index (κ3) is 2.34. The van der Waals surface area contributed by atoms with Crippen molar-refractivity contribution in [1.29, 1.82) is 0 Å². The highest BCUT2D eigenvalue weighted by Gasteiger charge is 1.90. The molecule has 4 heteroatoms. The van der Waals surface area contributed by atoms with Crippen LogP contribution in [0.15, 0.2) is 24.3 Å². The molecular weight excluding hydrogens is 136 g/mol. The van der Waals surface area contributed by atoms with Crippen LogP contribution in [0.5, 0.6) is 11.5 Å². The maximum Gasteiger partial charge on any atom is 0.157 e. The lowest BCUT2D eigenvalue weighted by Crippen LogP contribution is -1.63. The standard InChI is InChI=1S/C6H6O2.H2O2/c7-5-3-1-2-4-6(5)8;1-2/h1-4,7-8H;1-2H. The minimum Gasteiger partial charge on any atom is -0.504 e. The molecule has 0 saturated carbocycles. The van der Waals surface area contributed by atoms with Crippen LogP contribution in [0.25, 0.3) is 0 Å². The van der Waals surface area contributed by atoms with Crippen molar-refractivity contribution < 1.29 is 20.7 Å². The zero-order chi connectivity index (χ0) is 7.98. The number of hydrogen-bond acceptors (Lipinski definition) is 4. The number of aromatic hydroxyl groups is 2. The van der Waals surface area contributed by atoms with Gasteiger partial charge in [0.25, 0.3) is 0 Å². The average molecular weight is 144 g/mol. The Morgan fingerprint density at radius 2 is 1.10 bits per heavy atom. The minimum absolute atomic E-state index is 0.0764. The van der Waals surface area contributed by atoms with Gasteiger partial charge in [0, 0.05) is 0 Å². The van der Waals surface area contributed by atoms with Gasteiger partial charge < -0.3 is 10.2 Å². The van der Waals surface area contributed by atoms with E-state index in [1.54, 1.807) is 12.1 Å². The van der Waals surface area contributed by atoms with Gasteiger partial charge in [-0.25, -0.2) is 0 Å². The van der Waals surface area contributed by atoms with Gasteiger partial charge in [-0.3, -0.25) is 10.5 Å².